The average molecular weight is 478 g/mol. The number of hydrogen-bond donors (Lipinski definition) is 8. The smallest absolute Gasteiger partial charge is 0.185 e. The second kappa shape index (κ2) is 11.1. The van der Waals surface area contributed by atoms with Crippen LogP contribution in [-0.2, 0) is 18.9 Å². The second-order valence-corrected chi connectivity index (χ2v) is 9.91. The van der Waals surface area contributed by atoms with Crippen molar-refractivity contribution in [2.24, 2.45) is 17.2 Å². The summed E-state index contributed by atoms with van der Waals surface area (Å²) in [5, 5.41) is 38.3. The van der Waals surface area contributed by atoms with E-state index >= 15 is 0 Å². The third-order valence-electron chi connectivity index (χ3n) is 7.24. The van der Waals surface area contributed by atoms with Gasteiger partial charge >= 0.3 is 0 Å². The molecule has 3 rings (SSSR count). The van der Waals surface area contributed by atoms with E-state index in [9.17, 15) is 15.3 Å². The molecule has 12 nitrogen and oxygen atoms in total. The van der Waals surface area contributed by atoms with Gasteiger partial charge < -0.3 is 62.1 Å². The molecule has 13 atom stereocenters. The van der Waals surface area contributed by atoms with E-state index in [0.29, 0.717) is 12.8 Å². The fourth-order valence-corrected chi connectivity index (χ4v) is 5.04. The number of nitrogens with one attached hydrogen (secondary N) is 2. The second-order valence-electron chi connectivity index (χ2n) is 9.91. The van der Waals surface area contributed by atoms with E-state index in [1.165, 1.54) is 0 Å². The largest absolute Gasteiger partial charge is 0.388 e. The summed E-state index contributed by atoms with van der Waals surface area (Å²) in [4.78, 5) is 0. The Hall–Kier alpha value is -0.480. The zero-order chi connectivity index (χ0) is 24.5. The van der Waals surface area contributed by atoms with Crippen molar-refractivity contribution in [2.75, 3.05) is 20.7 Å². The van der Waals surface area contributed by atoms with Crippen molar-refractivity contribution in [1.29, 1.82) is 0 Å². The third kappa shape index (κ3) is 5.85. The number of hydrogen-bond acceptors (Lipinski definition) is 12. The van der Waals surface area contributed by atoms with E-state index in [-0.39, 0.29) is 24.8 Å². The number of aliphatic hydroxyl groups is 3. The lowest BCUT2D eigenvalue weighted by Gasteiger charge is -2.48. The summed E-state index contributed by atoms with van der Waals surface area (Å²) in [6.45, 7) is 3.52. The Morgan fingerprint density at radius 1 is 0.970 bits per heavy atom. The van der Waals surface area contributed by atoms with Crippen LogP contribution in [0.3, 0.4) is 0 Å². The summed E-state index contributed by atoms with van der Waals surface area (Å²) in [6, 6.07) is -2.11. The Bertz CT molecular complexity index is 632. The van der Waals surface area contributed by atoms with Gasteiger partial charge in [-0.2, -0.15) is 0 Å². The van der Waals surface area contributed by atoms with Gasteiger partial charge in [-0.05, 0) is 47.2 Å². The Morgan fingerprint density at radius 2 is 1.58 bits per heavy atom. The molecule has 0 spiro atoms. The minimum Gasteiger partial charge on any atom is -0.388 e. The standard InChI is InChI=1S/C21H43N5O7/c1-9(25-3)13-6-5-10(22)19(31-13)32-16-11(23)7-12(24)17(14(16)27)33-20-15(28)18(26-4)21(2,29)8-30-20/h9-20,25-29H,5-8,22-24H2,1-4H3/t9?,10?,11?,12?,13?,14?,15?,16-,17?,18?,19?,20?,21?/m0/s1. The fourth-order valence-electron chi connectivity index (χ4n) is 5.04. The number of rotatable bonds is 7. The van der Waals surface area contributed by atoms with Gasteiger partial charge in [0.05, 0.1) is 24.8 Å². The van der Waals surface area contributed by atoms with Crippen molar-refractivity contribution in [3.8, 4) is 0 Å². The van der Waals surface area contributed by atoms with Crippen molar-refractivity contribution >= 4 is 0 Å². The third-order valence-corrected chi connectivity index (χ3v) is 7.24. The van der Waals surface area contributed by atoms with Crippen molar-refractivity contribution in [3.05, 3.63) is 0 Å². The van der Waals surface area contributed by atoms with Crippen LogP contribution in [0, 0.1) is 0 Å². The molecule has 0 aromatic carbocycles. The van der Waals surface area contributed by atoms with E-state index < -0.39 is 60.7 Å². The summed E-state index contributed by atoms with van der Waals surface area (Å²) in [6.07, 6.45) is -4.22. The molecular weight excluding hydrogens is 434 g/mol. The van der Waals surface area contributed by atoms with Gasteiger partial charge in [0.2, 0.25) is 0 Å². The van der Waals surface area contributed by atoms with Crippen LogP contribution < -0.4 is 27.8 Å². The van der Waals surface area contributed by atoms with Gasteiger partial charge in [0, 0.05) is 18.1 Å². The molecule has 11 N–H and O–H groups in total. The molecule has 194 valence electrons. The molecule has 3 fully saturated rings. The molecule has 2 saturated heterocycles. The highest BCUT2D eigenvalue weighted by atomic mass is 16.7. The molecule has 3 aliphatic rings. The first-order chi connectivity index (χ1) is 15.5. The van der Waals surface area contributed by atoms with Gasteiger partial charge in [-0.25, -0.2) is 0 Å². The normalized spacial score (nSPS) is 50.2. The number of nitrogens with two attached hydrogens (primary N) is 3. The summed E-state index contributed by atoms with van der Waals surface area (Å²) in [7, 11) is 3.49. The first-order valence-corrected chi connectivity index (χ1v) is 11.8. The SMILES string of the molecule is CNC(C)C1CCC(N)C(O[C@H]2C(N)CC(N)C(OC3OCC(C)(O)C(NC)C3O)C2O)O1. The van der Waals surface area contributed by atoms with Crippen LogP contribution in [0.4, 0.5) is 0 Å². The highest BCUT2D eigenvalue weighted by Crippen LogP contribution is 2.31. The van der Waals surface area contributed by atoms with Crippen LogP contribution >= 0.6 is 0 Å². The van der Waals surface area contributed by atoms with Crippen molar-refractivity contribution in [3.63, 3.8) is 0 Å². The van der Waals surface area contributed by atoms with E-state index in [1.54, 1.807) is 14.0 Å². The van der Waals surface area contributed by atoms with E-state index in [1.807, 2.05) is 14.0 Å². The molecule has 2 aliphatic heterocycles. The minimum absolute atomic E-state index is 0.0620. The molecule has 33 heavy (non-hydrogen) atoms. The Kier molecular flexibility index (Phi) is 9.09. The van der Waals surface area contributed by atoms with Gasteiger partial charge in [-0.15, -0.1) is 0 Å². The summed E-state index contributed by atoms with van der Waals surface area (Å²) in [5.74, 6) is 0. The van der Waals surface area contributed by atoms with Gasteiger partial charge in [-0.1, -0.05) is 0 Å². The van der Waals surface area contributed by atoms with Gasteiger partial charge in [0.25, 0.3) is 0 Å². The maximum absolute atomic E-state index is 11.1. The Balaban J connectivity index is 1.68. The molecule has 12 heteroatoms. The highest BCUT2D eigenvalue weighted by molar-refractivity contribution is 5.02. The number of aliphatic hydroxyl groups excluding tert-OH is 2. The summed E-state index contributed by atoms with van der Waals surface area (Å²) >= 11 is 0. The molecule has 0 aromatic heterocycles. The van der Waals surface area contributed by atoms with Crippen molar-refractivity contribution in [1.82, 2.24) is 10.6 Å². The predicted octanol–water partition coefficient (Wildman–Crippen LogP) is -3.33. The molecule has 0 radical (unpaired) electrons. The van der Waals surface area contributed by atoms with E-state index in [0.717, 1.165) is 6.42 Å². The number of likely N-dealkylation sites (N-methyl/N-ethyl adjacent to an activating group) is 2. The monoisotopic (exact) mass is 477 g/mol. The molecule has 1 saturated carbocycles. The van der Waals surface area contributed by atoms with Crippen LogP contribution in [-0.4, -0.2) is 115 Å². The lowest BCUT2D eigenvalue weighted by molar-refractivity contribution is -0.307. The molecule has 0 bridgehead atoms. The van der Waals surface area contributed by atoms with Crippen LogP contribution in [0.25, 0.3) is 0 Å². The first-order valence-electron chi connectivity index (χ1n) is 11.8. The molecular formula is C21H43N5O7. The zero-order valence-electron chi connectivity index (χ0n) is 20.0. The van der Waals surface area contributed by atoms with Gasteiger partial charge in [0.15, 0.2) is 12.6 Å². The molecule has 1 aliphatic carbocycles. The average Bonchev–Trinajstić information content (AvgIpc) is 2.76. The predicted molar refractivity (Wildman–Crippen MR) is 120 cm³/mol. The summed E-state index contributed by atoms with van der Waals surface area (Å²) < 4.78 is 23.7. The number of ether oxygens (including phenoxy) is 4. The van der Waals surface area contributed by atoms with Crippen molar-refractivity contribution in [2.45, 2.75) is 112 Å². The topological polar surface area (TPSA) is 200 Å². The lowest BCUT2D eigenvalue weighted by atomic mass is 9.84. The zero-order valence-corrected chi connectivity index (χ0v) is 20.0. The Morgan fingerprint density at radius 3 is 2.15 bits per heavy atom. The van der Waals surface area contributed by atoms with Gasteiger partial charge in [-0.3, -0.25) is 0 Å². The fraction of sp³-hybridized carbons (Fsp3) is 1.00. The van der Waals surface area contributed by atoms with E-state index in [4.69, 9.17) is 36.1 Å². The molecule has 0 amide bonds. The van der Waals surface area contributed by atoms with Crippen molar-refractivity contribution < 1.29 is 34.3 Å². The lowest BCUT2D eigenvalue weighted by Crippen LogP contribution is -2.68. The Labute approximate surface area is 195 Å². The molecule has 2 heterocycles. The van der Waals surface area contributed by atoms with Crippen LogP contribution in [0.5, 0.6) is 0 Å². The molecule has 12 unspecified atom stereocenters. The maximum atomic E-state index is 11.1. The van der Waals surface area contributed by atoms with Crippen LogP contribution in [0.1, 0.15) is 33.1 Å². The molecule has 0 aromatic rings. The quantitative estimate of drug-likeness (QED) is 0.182. The summed E-state index contributed by atoms with van der Waals surface area (Å²) in [5.41, 5.74) is 17.5. The van der Waals surface area contributed by atoms with Crippen LogP contribution in [0.2, 0.25) is 0 Å². The van der Waals surface area contributed by atoms with Gasteiger partial charge in [0.1, 0.15) is 30.0 Å². The van der Waals surface area contributed by atoms with E-state index in [2.05, 4.69) is 10.6 Å². The maximum Gasteiger partial charge on any atom is 0.185 e. The highest BCUT2D eigenvalue weighted by Gasteiger charge is 2.50. The van der Waals surface area contributed by atoms with Crippen LogP contribution in [0.15, 0.2) is 0 Å². The minimum atomic E-state index is -1.29. The first kappa shape index (κ1) is 27.1.